The number of methoxy groups -OCH3 is 3. The molecular formula is C21H21FN4O5. The molecule has 4 rings (SSSR count). The van der Waals surface area contributed by atoms with Crippen LogP contribution in [0.5, 0.6) is 28.7 Å². The van der Waals surface area contributed by atoms with Crippen LogP contribution in [0.25, 0.3) is 0 Å². The van der Waals surface area contributed by atoms with Gasteiger partial charge in [-0.1, -0.05) is 0 Å². The van der Waals surface area contributed by atoms with Gasteiger partial charge in [0.15, 0.2) is 34.6 Å². The van der Waals surface area contributed by atoms with Gasteiger partial charge in [-0.25, -0.2) is 9.37 Å². The van der Waals surface area contributed by atoms with E-state index in [-0.39, 0.29) is 11.8 Å². The number of anilines is 4. The molecule has 1 aliphatic heterocycles. The Morgan fingerprint density at radius 3 is 2.26 bits per heavy atom. The molecule has 1 aromatic heterocycles. The maximum absolute atomic E-state index is 14.3. The van der Waals surface area contributed by atoms with Gasteiger partial charge in [0.2, 0.25) is 11.7 Å². The van der Waals surface area contributed by atoms with Gasteiger partial charge in [-0.15, -0.1) is 0 Å². The molecule has 0 radical (unpaired) electrons. The van der Waals surface area contributed by atoms with Crippen molar-refractivity contribution in [2.75, 3.05) is 45.2 Å². The number of nitrogens with one attached hydrogen (secondary N) is 2. The van der Waals surface area contributed by atoms with E-state index >= 15 is 0 Å². The lowest BCUT2D eigenvalue weighted by Gasteiger charge is -2.19. The average molecular weight is 428 g/mol. The van der Waals surface area contributed by atoms with Crippen molar-refractivity contribution >= 4 is 23.1 Å². The molecule has 0 saturated carbocycles. The summed E-state index contributed by atoms with van der Waals surface area (Å²) in [5.41, 5.74) is 1.17. The van der Waals surface area contributed by atoms with Gasteiger partial charge in [0.25, 0.3) is 0 Å². The number of nitrogens with zero attached hydrogens (tertiary/aromatic N) is 2. The first-order chi connectivity index (χ1) is 15.1. The lowest BCUT2D eigenvalue weighted by atomic mass is 10.2. The number of fused-ring (bicyclic) bond motifs is 1. The number of ether oxygens (including phenoxy) is 5. The summed E-state index contributed by atoms with van der Waals surface area (Å²) in [4.78, 5) is 8.24. The number of hydrogen-bond acceptors (Lipinski definition) is 9. The third-order valence-electron chi connectivity index (χ3n) is 4.47. The van der Waals surface area contributed by atoms with E-state index in [1.165, 1.54) is 21.3 Å². The Balaban J connectivity index is 1.58. The Hall–Kier alpha value is -3.95. The molecule has 31 heavy (non-hydrogen) atoms. The van der Waals surface area contributed by atoms with Crippen molar-refractivity contribution in [1.82, 2.24) is 9.97 Å². The van der Waals surface area contributed by atoms with E-state index < -0.39 is 5.82 Å². The van der Waals surface area contributed by atoms with Gasteiger partial charge in [0.05, 0.1) is 27.5 Å². The predicted octanol–water partition coefficient (Wildman–Crippen LogP) is 3.90. The summed E-state index contributed by atoms with van der Waals surface area (Å²) in [6, 6.07) is 8.62. The molecule has 0 unspecified atom stereocenters. The Kier molecular flexibility index (Phi) is 5.78. The summed E-state index contributed by atoms with van der Waals surface area (Å²) in [6.45, 7) is 0.956. The predicted molar refractivity (Wildman–Crippen MR) is 112 cm³/mol. The number of rotatable bonds is 7. The van der Waals surface area contributed by atoms with Crippen molar-refractivity contribution in [2.45, 2.75) is 0 Å². The van der Waals surface area contributed by atoms with E-state index in [2.05, 4.69) is 20.6 Å². The molecule has 0 amide bonds. The summed E-state index contributed by atoms with van der Waals surface area (Å²) in [5.74, 6) is 2.17. The average Bonchev–Trinajstić information content (AvgIpc) is 2.80. The Morgan fingerprint density at radius 2 is 1.58 bits per heavy atom. The van der Waals surface area contributed by atoms with Crippen molar-refractivity contribution in [2.24, 2.45) is 0 Å². The van der Waals surface area contributed by atoms with Crippen LogP contribution in [0.3, 0.4) is 0 Å². The van der Waals surface area contributed by atoms with Crippen LogP contribution < -0.4 is 34.3 Å². The van der Waals surface area contributed by atoms with Crippen LogP contribution in [-0.4, -0.2) is 44.5 Å². The van der Waals surface area contributed by atoms with Crippen molar-refractivity contribution in [3.8, 4) is 28.7 Å². The second kappa shape index (κ2) is 8.82. The zero-order chi connectivity index (χ0) is 21.8. The molecule has 2 aromatic carbocycles. The molecule has 0 fully saturated rings. The maximum atomic E-state index is 14.3. The summed E-state index contributed by atoms with van der Waals surface area (Å²) in [5, 5.41) is 5.96. The number of halogens is 1. The van der Waals surface area contributed by atoms with Gasteiger partial charge in [0, 0.05) is 29.6 Å². The van der Waals surface area contributed by atoms with E-state index in [9.17, 15) is 4.39 Å². The lowest BCUT2D eigenvalue weighted by molar-refractivity contribution is 0.171. The van der Waals surface area contributed by atoms with E-state index in [4.69, 9.17) is 23.7 Å². The highest BCUT2D eigenvalue weighted by Crippen LogP contribution is 2.40. The second-order valence-corrected chi connectivity index (χ2v) is 6.41. The summed E-state index contributed by atoms with van der Waals surface area (Å²) < 4.78 is 41.4. The smallest absolute Gasteiger partial charge is 0.229 e. The molecule has 0 aliphatic carbocycles. The lowest BCUT2D eigenvalue weighted by Crippen LogP contribution is -2.15. The molecule has 2 heterocycles. The van der Waals surface area contributed by atoms with Gasteiger partial charge >= 0.3 is 0 Å². The monoisotopic (exact) mass is 428 g/mol. The highest BCUT2D eigenvalue weighted by atomic mass is 19.1. The molecule has 0 spiro atoms. The van der Waals surface area contributed by atoms with Crippen LogP contribution in [-0.2, 0) is 0 Å². The van der Waals surface area contributed by atoms with Crippen molar-refractivity contribution < 1.29 is 28.1 Å². The first-order valence-corrected chi connectivity index (χ1v) is 9.37. The van der Waals surface area contributed by atoms with E-state index in [1.54, 1.807) is 30.3 Å². The quantitative estimate of drug-likeness (QED) is 0.581. The fraction of sp³-hybridized carbons (Fsp3) is 0.238. The molecule has 10 heteroatoms. The summed E-state index contributed by atoms with van der Waals surface area (Å²) >= 11 is 0. The van der Waals surface area contributed by atoms with Crippen LogP contribution in [0.15, 0.2) is 36.5 Å². The molecule has 3 aromatic rings. The Morgan fingerprint density at radius 1 is 0.871 bits per heavy atom. The first kappa shape index (κ1) is 20.3. The zero-order valence-electron chi connectivity index (χ0n) is 17.2. The normalized spacial score (nSPS) is 12.1. The Labute approximate surface area is 178 Å². The summed E-state index contributed by atoms with van der Waals surface area (Å²) in [7, 11) is 4.56. The zero-order valence-corrected chi connectivity index (χ0v) is 17.2. The number of aromatic nitrogens is 2. The fourth-order valence-electron chi connectivity index (χ4n) is 3.06. The largest absolute Gasteiger partial charge is 0.493 e. The third-order valence-corrected chi connectivity index (χ3v) is 4.47. The van der Waals surface area contributed by atoms with Crippen molar-refractivity contribution in [3.63, 3.8) is 0 Å². The topological polar surface area (TPSA) is 96.0 Å². The molecular weight excluding hydrogens is 407 g/mol. The van der Waals surface area contributed by atoms with E-state index in [0.717, 1.165) is 6.20 Å². The SMILES string of the molecule is COc1cc(Nc2ncc(F)c(Nc3ccc4c(c3)OCCO4)n2)cc(OC)c1OC. The first-order valence-electron chi connectivity index (χ1n) is 9.37. The van der Waals surface area contributed by atoms with Gasteiger partial charge in [-0.3, -0.25) is 0 Å². The van der Waals surface area contributed by atoms with Crippen LogP contribution in [0.1, 0.15) is 0 Å². The molecule has 2 N–H and O–H groups in total. The minimum Gasteiger partial charge on any atom is -0.493 e. The molecule has 9 nitrogen and oxygen atoms in total. The standard InChI is InChI=1S/C21H21FN4O5/c1-27-17-9-13(10-18(28-2)19(17)29-3)25-21-23-11-14(22)20(26-21)24-12-4-5-15-16(8-12)31-7-6-30-15/h4-5,8-11H,6-7H2,1-3H3,(H2,23,24,25,26). The van der Waals surface area contributed by atoms with Gasteiger partial charge in [0.1, 0.15) is 13.2 Å². The highest BCUT2D eigenvalue weighted by molar-refractivity contribution is 5.67. The molecule has 0 atom stereocenters. The second-order valence-electron chi connectivity index (χ2n) is 6.41. The minimum atomic E-state index is -0.606. The highest BCUT2D eigenvalue weighted by Gasteiger charge is 2.16. The summed E-state index contributed by atoms with van der Waals surface area (Å²) in [6.07, 6.45) is 1.08. The molecule has 0 bridgehead atoms. The molecule has 162 valence electrons. The van der Waals surface area contributed by atoms with Crippen LogP contribution in [0, 0.1) is 5.82 Å². The van der Waals surface area contributed by atoms with Crippen LogP contribution in [0.4, 0.5) is 27.5 Å². The van der Waals surface area contributed by atoms with Crippen molar-refractivity contribution in [3.05, 3.63) is 42.3 Å². The van der Waals surface area contributed by atoms with E-state index in [1.807, 2.05) is 0 Å². The van der Waals surface area contributed by atoms with E-state index in [0.29, 0.717) is 53.3 Å². The van der Waals surface area contributed by atoms with Crippen LogP contribution in [0.2, 0.25) is 0 Å². The van der Waals surface area contributed by atoms with Gasteiger partial charge < -0.3 is 34.3 Å². The minimum absolute atomic E-state index is 0.00150. The van der Waals surface area contributed by atoms with Crippen molar-refractivity contribution in [1.29, 1.82) is 0 Å². The van der Waals surface area contributed by atoms with Gasteiger partial charge in [-0.05, 0) is 12.1 Å². The fourth-order valence-corrected chi connectivity index (χ4v) is 3.06. The Bertz CT molecular complexity index is 1070. The third kappa shape index (κ3) is 4.32. The number of hydrogen-bond donors (Lipinski definition) is 2. The van der Waals surface area contributed by atoms with Gasteiger partial charge in [-0.2, -0.15) is 4.98 Å². The molecule has 0 saturated heterocycles. The maximum Gasteiger partial charge on any atom is 0.229 e. The molecule has 1 aliphatic rings. The van der Waals surface area contributed by atoms with Crippen LogP contribution >= 0.6 is 0 Å². The number of benzene rings is 2.